The first kappa shape index (κ1) is 21.0. The Morgan fingerprint density at radius 3 is 2.31 bits per heavy atom. The van der Waals surface area contributed by atoms with Crippen LogP contribution in [0.25, 0.3) is 0 Å². The summed E-state index contributed by atoms with van der Waals surface area (Å²) in [4.78, 5) is 12.1. The van der Waals surface area contributed by atoms with E-state index in [1.54, 1.807) is 23.9 Å². The molecule has 0 aromatic heterocycles. The minimum atomic E-state index is -0.442. The molecule has 0 unspecified atom stereocenters. The van der Waals surface area contributed by atoms with Crippen LogP contribution in [-0.4, -0.2) is 11.7 Å². The average Bonchev–Trinajstić information content (AvgIpc) is 2.51. The molecule has 1 amide bonds. The Labute approximate surface area is 168 Å². The van der Waals surface area contributed by atoms with Crippen LogP contribution in [0.3, 0.4) is 0 Å². The number of nitrogens with one attached hydrogen (secondary N) is 1. The number of hydrogen-bond donors (Lipinski definition) is 1. The second-order valence-corrected chi connectivity index (χ2v) is 9.41. The zero-order valence-electron chi connectivity index (χ0n) is 15.9. The van der Waals surface area contributed by atoms with E-state index in [9.17, 15) is 9.18 Å². The topological polar surface area (TPSA) is 29.1 Å². The molecule has 5 heteroatoms. The number of halogens is 2. The molecule has 26 heavy (non-hydrogen) atoms. The van der Waals surface area contributed by atoms with Gasteiger partial charge >= 0.3 is 0 Å². The van der Waals surface area contributed by atoms with E-state index in [4.69, 9.17) is 0 Å². The van der Waals surface area contributed by atoms with Crippen molar-refractivity contribution in [1.29, 1.82) is 0 Å². The number of anilines is 1. The smallest absolute Gasteiger partial charge is 0.234 e. The molecule has 0 heterocycles. The molecule has 0 atom stereocenters. The zero-order valence-corrected chi connectivity index (χ0v) is 18.3. The van der Waals surface area contributed by atoms with Gasteiger partial charge < -0.3 is 5.32 Å². The van der Waals surface area contributed by atoms with Gasteiger partial charge in [0, 0.05) is 10.2 Å². The quantitative estimate of drug-likeness (QED) is 0.587. The number of rotatable bonds is 5. The maximum absolute atomic E-state index is 13.8. The van der Waals surface area contributed by atoms with Crippen LogP contribution in [-0.2, 0) is 16.0 Å². The van der Waals surface area contributed by atoms with Crippen molar-refractivity contribution < 1.29 is 9.18 Å². The molecular formula is C21H25BrFNOS. The van der Waals surface area contributed by atoms with E-state index >= 15 is 0 Å². The molecule has 0 aliphatic heterocycles. The fraction of sp³-hybridized carbons (Fsp3) is 0.381. The van der Waals surface area contributed by atoms with E-state index in [1.165, 1.54) is 28.3 Å². The van der Waals surface area contributed by atoms with E-state index in [0.717, 1.165) is 5.75 Å². The van der Waals surface area contributed by atoms with Crippen LogP contribution in [0.4, 0.5) is 10.1 Å². The molecule has 2 nitrogen and oxygen atoms in total. The molecule has 140 valence electrons. The van der Waals surface area contributed by atoms with Gasteiger partial charge in [-0.1, -0.05) is 48.8 Å². The highest BCUT2D eigenvalue weighted by Crippen LogP contribution is 2.29. The van der Waals surface area contributed by atoms with Gasteiger partial charge in [-0.2, -0.15) is 0 Å². The molecule has 1 N–H and O–H groups in total. The van der Waals surface area contributed by atoms with Gasteiger partial charge in [0.1, 0.15) is 5.82 Å². The fourth-order valence-electron chi connectivity index (χ4n) is 2.68. The number of hydrogen-bond acceptors (Lipinski definition) is 2. The Morgan fingerprint density at radius 2 is 1.77 bits per heavy atom. The van der Waals surface area contributed by atoms with Crippen LogP contribution in [0.2, 0.25) is 0 Å². The summed E-state index contributed by atoms with van der Waals surface area (Å²) in [5.41, 5.74) is 5.43. The molecule has 0 fully saturated rings. The summed E-state index contributed by atoms with van der Waals surface area (Å²) in [5.74, 6) is 0.410. The molecule has 0 saturated carbocycles. The number of amides is 1. The summed E-state index contributed by atoms with van der Waals surface area (Å²) in [5, 5.41) is 2.63. The molecule has 0 spiro atoms. The first-order valence-corrected chi connectivity index (χ1v) is 10.5. The standard InChI is InChI=1S/C21H25BrFNOS/c1-13-8-15(21(3,4)5)9-14(2)17(13)11-26-12-20(25)24-19-7-6-16(22)10-18(19)23/h6-10H,11-12H2,1-5H3,(H,24,25). The highest BCUT2D eigenvalue weighted by atomic mass is 79.9. The molecule has 0 aliphatic carbocycles. The summed E-state index contributed by atoms with van der Waals surface area (Å²) >= 11 is 4.74. The summed E-state index contributed by atoms with van der Waals surface area (Å²) in [7, 11) is 0. The van der Waals surface area contributed by atoms with Crippen LogP contribution in [0, 0.1) is 19.7 Å². The van der Waals surface area contributed by atoms with Gasteiger partial charge in [0.15, 0.2) is 0 Å². The highest BCUT2D eigenvalue weighted by molar-refractivity contribution is 9.10. The minimum Gasteiger partial charge on any atom is -0.323 e. The van der Waals surface area contributed by atoms with E-state index in [0.29, 0.717) is 4.47 Å². The maximum atomic E-state index is 13.8. The van der Waals surface area contributed by atoms with Crippen LogP contribution in [0.15, 0.2) is 34.8 Å². The van der Waals surface area contributed by atoms with E-state index in [-0.39, 0.29) is 22.8 Å². The average molecular weight is 438 g/mol. The first-order chi connectivity index (χ1) is 12.1. The predicted molar refractivity (Wildman–Crippen MR) is 114 cm³/mol. The van der Waals surface area contributed by atoms with Gasteiger partial charge in [0.2, 0.25) is 5.91 Å². The number of benzene rings is 2. The summed E-state index contributed by atoms with van der Waals surface area (Å²) < 4.78 is 14.4. The molecule has 0 aliphatic rings. The number of aryl methyl sites for hydroxylation is 2. The Hall–Kier alpha value is -1.33. The van der Waals surface area contributed by atoms with Crippen LogP contribution in [0.5, 0.6) is 0 Å². The van der Waals surface area contributed by atoms with Crippen molar-refractivity contribution in [1.82, 2.24) is 0 Å². The van der Waals surface area contributed by atoms with E-state index < -0.39 is 5.82 Å². The summed E-state index contributed by atoms with van der Waals surface area (Å²) in [6.07, 6.45) is 0. The van der Waals surface area contributed by atoms with Gasteiger partial charge in [0.25, 0.3) is 0 Å². The first-order valence-electron chi connectivity index (χ1n) is 8.51. The lowest BCUT2D eigenvalue weighted by atomic mass is 9.84. The third-order valence-corrected chi connectivity index (χ3v) is 5.70. The Balaban J connectivity index is 1.96. The predicted octanol–water partition coefficient (Wildman–Crippen LogP) is 6.37. The number of carbonyl (C=O) groups excluding carboxylic acids is 1. The molecule has 2 rings (SSSR count). The normalized spacial score (nSPS) is 11.5. The van der Waals surface area contributed by atoms with Gasteiger partial charge in [-0.05, 0) is 59.7 Å². The van der Waals surface area contributed by atoms with Crippen molar-refractivity contribution >= 4 is 39.3 Å². The lowest BCUT2D eigenvalue weighted by molar-refractivity contribution is -0.113. The van der Waals surface area contributed by atoms with Gasteiger partial charge in [-0.15, -0.1) is 11.8 Å². The van der Waals surface area contributed by atoms with Crippen molar-refractivity contribution in [2.45, 2.75) is 45.8 Å². The Kier molecular flexibility index (Phi) is 6.92. The number of thioether (sulfide) groups is 1. The SMILES string of the molecule is Cc1cc(C(C)(C)C)cc(C)c1CSCC(=O)Nc1ccc(Br)cc1F. The summed E-state index contributed by atoms with van der Waals surface area (Å²) in [6.45, 7) is 10.9. The van der Waals surface area contributed by atoms with Crippen molar-refractivity contribution in [2.24, 2.45) is 0 Å². The third kappa shape index (κ3) is 5.58. The second kappa shape index (κ2) is 8.57. The molecule has 0 saturated heterocycles. The molecular weight excluding hydrogens is 413 g/mol. The largest absolute Gasteiger partial charge is 0.323 e. The number of carbonyl (C=O) groups is 1. The lowest BCUT2D eigenvalue weighted by Crippen LogP contribution is -2.15. The van der Waals surface area contributed by atoms with Crippen LogP contribution < -0.4 is 5.32 Å². The third-order valence-electron chi connectivity index (χ3n) is 4.25. The maximum Gasteiger partial charge on any atom is 0.234 e. The molecule has 0 radical (unpaired) electrons. The van der Waals surface area contributed by atoms with E-state index in [1.807, 2.05) is 0 Å². The van der Waals surface area contributed by atoms with Crippen molar-refractivity contribution in [3.05, 3.63) is 62.9 Å². The van der Waals surface area contributed by atoms with Crippen LogP contribution >= 0.6 is 27.7 Å². The summed E-state index contributed by atoms with van der Waals surface area (Å²) in [6, 6.07) is 9.07. The fourth-order valence-corrected chi connectivity index (χ4v) is 4.03. The second-order valence-electron chi connectivity index (χ2n) is 7.50. The highest BCUT2D eigenvalue weighted by Gasteiger charge is 2.16. The van der Waals surface area contributed by atoms with Crippen molar-refractivity contribution in [2.75, 3.05) is 11.1 Å². The van der Waals surface area contributed by atoms with Gasteiger partial charge in [-0.3, -0.25) is 4.79 Å². The van der Waals surface area contributed by atoms with Gasteiger partial charge in [-0.25, -0.2) is 4.39 Å². The van der Waals surface area contributed by atoms with Gasteiger partial charge in [0.05, 0.1) is 11.4 Å². The zero-order chi connectivity index (χ0) is 19.5. The Morgan fingerprint density at radius 1 is 1.15 bits per heavy atom. The van der Waals surface area contributed by atoms with Crippen LogP contribution in [0.1, 0.15) is 43.0 Å². The molecule has 0 bridgehead atoms. The van der Waals surface area contributed by atoms with Crippen molar-refractivity contribution in [3.63, 3.8) is 0 Å². The molecule has 2 aromatic rings. The molecule has 2 aromatic carbocycles. The minimum absolute atomic E-state index is 0.121. The van der Waals surface area contributed by atoms with Crippen molar-refractivity contribution in [3.8, 4) is 0 Å². The monoisotopic (exact) mass is 437 g/mol. The Bertz CT molecular complexity index is 791. The van der Waals surface area contributed by atoms with E-state index in [2.05, 4.69) is 68.0 Å². The lowest BCUT2D eigenvalue weighted by Gasteiger charge is -2.22.